The lowest BCUT2D eigenvalue weighted by molar-refractivity contribution is 0.546. The van der Waals surface area contributed by atoms with E-state index in [9.17, 15) is 4.39 Å². The van der Waals surface area contributed by atoms with Crippen LogP contribution in [0.5, 0.6) is 0 Å². The Hall–Kier alpha value is -1.13. The number of rotatable bonds is 4. The summed E-state index contributed by atoms with van der Waals surface area (Å²) in [6, 6.07) is 10.3. The molecule has 0 radical (unpaired) electrons. The van der Waals surface area contributed by atoms with E-state index in [1.54, 1.807) is 12.1 Å². The minimum Gasteiger partial charge on any atom is -0.271 e. The van der Waals surface area contributed by atoms with Gasteiger partial charge in [0.05, 0.1) is 11.1 Å². The van der Waals surface area contributed by atoms with Crippen molar-refractivity contribution in [1.29, 1.82) is 0 Å². The Morgan fingerprint density at radius 3 is 2.55 bits per heavy atom. The number of hydrazine groups is 1. The third-order valence-electron chi connectivity index (χ3n) is 3.23. The van der Waals surface area contributed by atoms with Gasteiger partial charge in [-0.05, 0) is 54.3 Å². The van der Waals surface area contributed by atoms with Crippen LogP contribution in [0.3, 0.4) is 0 Å². The maximum atomic E-state index is 13.5. The molecule has 2 nitrogen and oxygen atoms in total. The summed E-state index contributed by atoms with van der Waals surface area (Å²) >= 11 is 11.6. The summed E-state index contributed by atoms with van der Waals surface area (Å²) in [4.78, 5) is 0. The Labute approximate surface area is 127 Å². The van der Waals surface area contributed by atoms with Gasteiger partial charge >= 0.3 is 0 Å². The highest BCUT2D eigenvalue weighted by Crippen LogP contribution is 2.25. The first-order valence-electron chi connectivity index (χ1n) is 6.17. The summed E-state index contributed by atoms with van der Waals surface area (Å²) in [5.41, 5.74) is 5.66. The second-order valence-corrected chi connectivity index (χ2v) is 5.52. The van der Waals surface area contributed by atoms with Crippen molar-refractivity contribution in [3.05, 3.63) is 69.0 Å². The van der Waals surface area contributed by atoms with E-state index in [-0.39, 0.29) is 11.1 Å². The molecule has 0 aliphatic carbocycles. The van der Waals surface area contributed by atoms with Crippen LogP contribution < -0.4 is 11.3 Å². The van der Waals surface area contributed by atoms with Gasteiger partial charge in [0.2, 0.25) is 0 Å². The molecule has 1 unspecified atom stereocenters. The Morgan fingerprint density at radius 1 is 1.20 bits per heavy atom. The summed E-state index contributed by atoms with van der Waals surface area (Å²) in [6.07, 6.45) is 0.563. The molecule has 0 aromatic heterocycles. The molecule has 5 heteroatoms. The number of aryl methyl sites for hydroxylation is 1. The average Bonchev–Trinajstić information content (AvgIpc) is 2.41. The number of halogens is 3. The minimum atomic E-state index is -0.423. The van der Waals surface area contributed by atoms with E-state index in [0.29, 0.717) is 11.4 Å². The van der Waals surface area contributed by atoms with Gasteiger partial charge < -0.3 is 0 Å². The molecule has 0 aliphatic rings. The Bertz CT molecular complexity index is 617. The molecule has 106 valence electrons. The van der Waals surface area contributed by atoms with Crippen LogP contribution in [0.15, 0.2) is 36.4 Å². The number of nitrogens with two attached hydrogens (primary N) is 1. The van der Waals surface area contributed by atoms with E-state index in [4.69, 9.17) is 29.0 Å². The SMILES string of the molecule is Cc1cc(Cl)ccc1C(Cc1ccc(Cl)c(F)c1)NN. The highest BCUT2D eigenvalue weighted by atomic mass is 35.5. The number of hydrogen-bond donors (Lipinski definition) is 2. The predicted octanol–water partition coefficient (Wildman–Crippen LogP) is 4.19. The standard InChI is InChI=1S/C15H15Cl2FN2/c1-9-6-11(16)3-4-12(9)15(20-19)8-10-2-5-13(17)14(18)7-10/h2-7,15,20H,8,19H2,1H3. The van der Waals surface area contributed by atoms with Crippen molar-refractivity contribution in [3.8, 4) is 0 Å². The topological polar surface area (TPSA) is 38.0 Å². The van der Waals surface area contributed by atoms with Crippen molar-refractivity contribution in [2.24, 2.45) is 5.84 Å². The van der Waals surface area contributed by atoms with Gasteiger partial charge in [-0.15, -0.1) is 0 Å². The van der Waals surface area contributed by atoms with Gasteiger partial charge in [-0.1, -0.05) is 35.3 Å². The van der Waals surface area contributed by atoms with Gasteiger partial charge in [-0.3, -0.25) is 11.3 Å². The summed E-state index contributed by atoms with van der Waals surface area (Å²) in [5, 5.41) is 0.799. The predicted molar refractivity (Wildman–Crippen MR) is 81.4 cm³/mol. The fraction of sp³-hybridized carbons (Fsp3) is 0.200. The van der Waals surface area contributed by atoms with E-state index in [0.717, 1.165) is 16.7 Å². The van der Waals surface area contributed by atoms with E-state index < -0.39 is 5.82 Å². The molecule has 2 aromatic carbocycles. The molecular weight excluding hydrogens is 298 g/mol. The van der Waals surface area contributed by atoms with Crippen molar-refractivity contribution in [2.75, 3.05) is 0 Å². The first kappa shape index (κ1) is 15.3. The zero-order valence-electron chi connectivity index (χ0n) is 11.0. The monoisotopic (exact) mass is 312 g/mol. The van der Waals surface area contributed by atoms with Crippen molar-refractivity contribution < 1.29 is 4.39 Å². The molecule has 0 bridgehead atoms. The largest absolute Gasteiger partial charge is 0.271 e. The molecule has 20 heavy (non-hydrogen) atoms. The molecule has 0 saturated heterocycles. The van der Waals surface area contributed by atoms with Gasteiger partial charge in [0, 0.05) is 5.02 Å². The maximum absolute atomic E-state index is 13.5. The smallest absolute Gasteiger partial charge is 0.142 e. The third-order valence-corrected chi connectivity index (χ3v) is 3.77. The first-order chi connectivity index (χ1) is 9.51. The van der Waals surface area contributed by atoms with Crippen LogP contribution in [0, 0.1) is 12.7 Å². The lowest BCUT2D eigenvalue weighted by Gasteiger charge is -2.19. The Balaban J connectivity index is 2.26. The molecule has 0 saturated carbocycles. The zero-order chi connectivity index (χ0) is 14.7. The third kappa shape index (κ3) is 3.49. The summed E-state index contributed by atoms with van der Waals surface area (Å²) in [7, 11) is 0. The van der Waals surface area contributed by atoms with Gasteiger partial charge in [-0.25, -0.2) is 4.39 Å². The number of hydrogen-bond acceptors (Lipinski definition) is 2. The van der Waals surface area contributed by atoms with E-state index in [1.165, 1.54) is 6.07 Å². The van der Waals surface area contributed by atoms with Gasteiger partial charge in [0.1, 0.15) is 5.82 Å². The minimum absolute atomic E-state index is 0.118. The highest BCUT2D eigenvalue weighted by Gasteiger charge is 2.14. The van der Waals surface area contributed by atoms with Crippen molar-refractivity contribution in [2.45, 2.75) is 19.4 Å². The van der Waals surface area contributed by atoms with Gasteiger partial charge in [-0.2, -0.15) is 0 Å². The Kier molecular flexibility index (Phi) is 5.00. The molecular formula is C15H15Cl2FN2. The van der Waals surface area contributed by atoms with Crippen LogP contribution >= 0.6 is 23.2 Å². The van der Waals surface area contributed by atoms with E-state index >= 15 is 0 Å². The molecule has 1 atom stereocenters. The highest BCUT2D eigenvalue weighted by molar-refractivity contribution is 6.31. The van der Waals surface area contributed by atoms with Crippen LogP contribution in [0.4, 0.5) is 4.39 Å². The quantitative estimate of drug-likeness (QED) is 0.656. The second kappa shape index (κ2) is 6.55. The zero-order valence-corrected chi connectivity index (χ0v) is 12.5. The first-order valence-corrected chi connectivity index (χ1v) is 6.93. The lowest BCUT2D eigenvalue weighted by Crippen LogP contribution is -2.30. The Morgan fingerprint density at radius 2 is 1.95 bits per heavy atom. The van der Waals surface area contributed by atoms with E-state index in [1.807, 2.05) is 25.1 Å². The molecule has 0 amide bonds. The summed E-state index contributed by atoms with van der Waals surface area (Å²) in [5.74, 6) is 5.20. The second-order valence-electron chi connectivity index (χ2n) is 4.67. The maximum Gasteiger partial charge on any atom is 0.142 e. The van der Waals surface area contributed by atoms with Gasteiger partial charge in [0.25, 0.3) is 0 Å². The fourth-order valence-electron chi connectivity index (χ4n) is 2.19. The van der Waals surface area contributed by atoms with E-state index in [2.05, 4.69) is 5.43 Å². The normalized spacial score (nSPS) is 12.4. The molecule has 0 spiro atoms. The summed E-state index contributed by atoms with van der Waals surface area (Å²) < 4.78 is 13.5. The number of benzene rings is 2. The van der Waals surface area contributed by atoms with Crippen LogP contribution in [-0.2, 0) is 6.42 Å². The molecule has 0 aliphatic heterocycles. The van der Waals surface area contributed by atoms with Crippen molar-refractivity contribution >= 4 is 23.2 Å². The molecule has 0 fully saturated rings. The summed E-state index contributed by atoms with van der Waals surface area (Å²) in [6.45, 7) is 1.97. The van der Waals surface area contributed by atoms with Gasteiger partial charge in [0.15, 0.2) is 0 Å². The molecule has 0 heterocycles. The average molecular weight is 313 g/mol. The number of nitrogens with one attached hydrogen (secondary N) is 1. The molecule has 2 aromatic rings. The van der Waals surface area contributed by atoms with Crippen LogP contribution in [-0.4, -0.2) is 0 Å². The van der Waals surface area contributed by atoms with Crippen LogP contribution in [0.2, 0.25) is 10.0 Å². The van der Waals surface area contributed by atoms with Crippen molar-refractivity contribution in [1.82, 2.24) is 5.43 Å². The molecule has 2 rings (SSSR count). The fourth-order valence-corrected chi connectivity index (χ4v) is 2.54. The lowest BCUT2D eigenvalue weighted by atomic mass is 9.96. The van der Waals surface area contributed by atoms with Crippen LogP contribution in [0.1, 0.15) is 22.7 Å². The van der Waals surface area contributed by atoms with Crippen LogP contribution in [0.25, 0.3) is 0 Å². The van der Waals surface area contributed by atoms with Crippen molar-refractivity contribution in [3.63, 3.8) is 0 Å². The molecule has 3 N–H and O–H groups in total.